The van der Waals surface area contributed by atoms with Crippen LogP contribution in [0.1, 0.15) is 21.6 Å². The van der Waals surface area contributed by atoms with Crippen molar-refractivity contribution in [3.8, 4) is 11.5 Å². The van der Waals surface area contributed by atoms with Crippen LogP contribution in [0.2, 0.25) is 0 Å². The Hall–Kier alpha value is -2.87. The number of halogens is 1. The molecular formula is C19H19BrN4O3. The molecule has 1 heterocycles. The number of benzene rings is 2. The third kappa shape index (κ3) is 5.07. The number of rotatable bonds is 7. The molecule has 2 N–H and O–H groups in total. The Bertz CT molecular complexity index is 925. The molecule has 0 bridgehead atoms. The van der Waals surface area contributed by atoms with Crippen molar-refractivity contribution in [1.29, 1.82) is 0 Å². The Morgan fingerprint density at radius 3 is 2.67 bits per heavy atom. The van der Waals surface area contributed by atoms with Gasteiger partial charge in [0.25, 0.3) is 5.91 Å². The molecule has 2 aromatic carbocycles. The van der Waals surface area contributed by atoms with E-state index in [1.54, 1.807) is 30.1 Å². The number of ether oxygens (including phenoxy) is 1. The van der Waals surface area contributed by atoms with Crippen LogP contribution in [0.5, 0.6) is 11.5 Å². The summed E-state index contributed by atoms with van der Waals surface area (Å²) < 4.78 is 7.68. The monoisotopic (exact) mass is 430 g/mol. The minimum atomic E-state index is -0.268. The standard InChI is InChI=1S/C19H19BrN4O3/c1-27-18-7-4-14(10-16(18)20)11-24-12-17(22-23-24)19(26)21-9-8-13-2-5-15(25)6-3-13/h2-7,10,12,25H,8-9,11H2,1H3,(H,21,26). The minimum absolute atomic E-state index is 0.225. The molecule has 0 aliphatic carbocycles. The van der Waals surface area contributed by atoms with E-state index in [1.165, 1.54) is 0 Å². The van der Waals surface area contributed by atoms with Crippen molar-refractivity contribution >= 4 is 21.8 Å². The highest BCUT2D eigenvalue weighted by atomic mass is 79.9. The highest BCUT2D eigenvalue weighted by molar-refractivity contribution is 9.10. The molecule has 1 aromatic heterocycles. The number of phenols is 1. The summed E-state index contributed by atoms with van der Waals surface area (Å²) in [6, 6.07) is 12.6. The number of hydrogen-bond acceptors (Lipinski definition) is 5. The number of aromatic nitrogens is 3. The van der Waals surface area contributed by atoms with Crippen molar-refractivity contribution in [3.63, 3.8) is 0 Å². The van der Waals surface area contributed by atoms with Crippen LogP contribution in [0.3, 0.4) is 0 Å². The Labute approximate surface area is 165 Å². The van der Waals surface area contributed by atoms with E-state index in [-0.39, 0.29) is 17.4 Å². The van der Waals surface area contributed by atoms with Gasteiger partial charge in [-0.25, -0.2) is 4.68 Å². The zero-order valence-corrected chi connectivity index (χ0v) is 16.3. The lowest BCUT2D eigenvalue weighted by Gasteiger charge is -2.06. The average Bonchev–Trinajstić information content (AvgIpc) is 3.12. The van der Waals surface area contributed by atoms with E-state index in [2.05, 4.69) is 31.6 Å². The van der Waals surface area contributed by atoms with Crippen LogP contribution in [-0.4, -0.2) is 39.7 Å². The lowest BCUT2D eigenvalue weighted by atomic mass is 10.1. The van der Waals surface area contributed by atoms with Gasteiger partial charge in [0.2, 0.25) is 0 Å². The van der Waals surface area contributed by atoms with E-state index in [1.807, 2.05) is 30.3 Å². The zero-order chi connectivity index (χ0) is 19.2. The number of methoxy groups -OCH3 is 1. The van der Waals surface area contributed by atoms with Gasteiger partial charge < -0.3 is 15.2 Å². The molecule has 0 saturated carbocycles. The van der Waals surface area contributed by atoms with Crippen LogP contribution in [0, 0.1) is 0 Å². The van der Waals surface area contributed by atoms with E-state index in [4.69, 9.17) is 4.74 Å². The van der Waals surface area contributed by atoms with E-state index in [9.17, 15) is 9.90 Å². The fraction of sp³-hybridized carbons (Fsp3) is 0.211. The molecule has 0 unspecified atom stereocenters. The molecule has 0 atom stereocenters. The summed E-state index contributed by atoms with van der Waals surface area (Å²) in [6.45, 7) is 0.971. The maximum absolute atomic E-state index is 12.2. The maximum atomic E-state index is 12.2. The highest BCUT2D eigenvalue weighted by Gasteiger charge is 2.11. The molecule has 3 rings (SSSR count). The third-order valence-electron chi connectivity index (χ3n) is 3.97. The second-order valence-corrected chi connectivity index (χ2v) is 6.80. The number of carbonyl (C=O) groups is 1. The topological polar surface area (TPSA) is 89.3 Å². The summed E-state index contributed by atoms with van der Waals surface area (Å²) in [5, 5.41) is 20.0. The predicted octanol–water partition coefficient (Wildman–Crippen LogP) is 2.78. The minimum Gasteiger partial charge on any atom is -0.508 e. The summed E-state index contributed by atoms with van der Waals surface area (Å²) in [4.78, 5) is 12.2. The summed E-state index contributed by atoms with van der Waals surface area (Å²) in [5.74, 6) is 0.713. The Balaban J connectivity index is 1.54. The fourth-order valence-electron chi connectivity index (χ4n) is 2.55. The smallest absolute Gasteiger partial charge is 0.273 e. The van der Waals surface area contributed by atoms with Gasteiger partial charge in [-0.2, -0.15) is 0 Å². The van der Waals surface area contributed by atoms with Crippen molar-refractivity contribution in [1.82, 2.24) is 20.3 Å². The molecule has 0 spiro atoms. The Morgan fingerprint density at radius 1 is 1.22 bits per heavy atom. The van der Waals surface area contributed by atoms with Gasteiger partial charge in [-0.15, -0.1) is 5.10 Å². The first-order valence-corrected chi connectivity index (χ1v) is 9.13. The van der Waals surface area contributed by atoms with E-state index in [0.717, 1.165) is 21.3 Å². The first-order valence-electron chi connectivity index (χ1n) is 8.34. The summed E-state index contributed by atoms with van der Waals surface area (Å²) >= 11 is 3.45. The van der Waals surface area contributed by atoms with Crippen LogP contribution < -0.4 is 10.1 Å². The fourth-order valence-corrected chi connectivity index (χ4v) is 3.14. The first kappa shape index (κ1) is 18.9. The van der Waals surface area contributed by atoms with Crippen LogP contribution in [0.25, 0.3) is 0 Å². The van der Waals surface area contributed by atoms with Crippen molar-refractivity contribution in [2.24, 2.45) is 0 Å². The highest BCUT2D eigenvalue weighted by Crippen LogP contribution is 2.25. The van der Waals surface area contributed by atoms with Crippen LogP contribution in [0.4, 0.5) is 0 Å². The van der Waals surface area contributed by atoms with Crippen LogP contribution in [-0.2, 0) is 13.0 Å². The number of nitrogens with zero attached hydrogens (tertiary/aromatic N) is 3. The van der Waals surface area contributed by atoms with Crippen molar-refractivity contribution in [2.45, 2.75) is 13.0 Å². The molecule has 7 nitrogen and oxygen atoms in total. The van der Waals surface area contributed by atoms with Gasteiger partial charge in [0, 0.05) is 6.54 Å². The number of nitrogens with one attached hydrogen (secondary N) is 1. The van der Waals surface area contributed by atoms with Crippen LogP contribution in [0.15, 0.2) is 53.1 Å². The number of carbonyl (C=O) groups excluding carboxylic acids is 1. The largest absolute Gasteiger partial charge is 0.508 e. The molecular weight excluding hydrogens is 412 g/mol. The van der Waals surface area contributed by atoms with Gasteiger partial charge in [0.15, 0.2) is 5.69 Å². The van der Waals surface area contributed by atoms with Gasteiger partial charge in [-0.05, 0) is 57.7 Å². The number of amides is 1. The van der Waals surface area contributed by atoms with E-state index >= 15 is 0 Å². The predicted molar refractivity (Wildman–Crippen MR) is 104 cm³/mol. The molecule has 0 aliphatic heterocycles. The SMILES string of the molecule is COc1ccc(Cn2cc(C(=O)NCCc3ccc(O)cc3)nn2)cc1Br. The first-order chi connectivity index (χ1) is 13.0. The van der Waals surface area contributed by atoms with Gasteiger partial charge in [-0.3, -0.25) is 4.79 Å². The third-order valence-corrected chi connectivity index (χ3v) is 4.59. The van der Waals surface area contributed by atoms with Gasteiger partial charge >= 0.3 is 0 Å². The van der Waals surface area contributed by atoms with E-state index in [0.29, 0.717) is 19.5 Å². The van der Waals surface area contributed by atoms with Crippen molar-refractivity contribution in [2.75, 3.05) is 13.7 Å². The second kappa shape index (κ2) is 8.68. The molecule has 0 fully saturated rings. The molecule has 0 saturated heterocycles. The Kier molecular flexibility index (Phi) is 6.08. The molecule has 27 heavy (non-hydrogen) atoms. The molecule has 0 aliphatic rings. The second-order valence-electron chi connectivity index (χ2n) is 5.94. The summed E-state index contributed by atoms with van der Waals surface area (Å²) in [6.07, 6.45) is 2.29. The van der Waals surface area contributed by atoms with E-state index < -0.39 is 0 Å². The lowest BCUT2D eigenvalue weighted by molar-refractivity contribution is 0.0949. The molecule has 140 valence electrons. The average molecular weight is 431 g/mol. The summed E-state index contributed by atoms with van der Waals surface area (Å²) in [7, 11) is 1.61. The molecule has 0 radical (unpaired) electrons. The number of aromatic hydroxyl groups is 1. The molecule has 8 heteroatoms. The van der Waals surface area contributed by atoms with Crippen molar-refractivity contribution < 1.29 is 14.6 Å². The maximum Gasteiger partial charge on any atom is 0.273 e. The molecule has 1 amide bonds. The number of phenolic OH excluding ortho intramolecular Hbond substituents is 1. The van der Waals surface area contributed by atoms with Gasteiger partial charge in [0.05, 0.1) is 24.3 Å². The van der Waals surface area contributed by atoms with Crippen molar-refractivity contribution in [3.05, 3.63) is 70.0 Å². The molecule has 3 aromatic rings. The number of hydrogen-bond donors (Lipinski definition) is 2. The zero-order valence-electron chi connectivity index (χ0n) is 14.7. The summed E-state index contributed by atoms with van der Waals surface area (Å²) in [5.41, 5.74) is 2.31. The van der Waals surface area contributed by atoms with Gasteiger partial charge in [-0.1, -0.05) is 23.4 Å². The lowest BCUT2D eigenvalue weighted by Crippen LogP contribution is -2.26. The quantitative estimate of drug-likeness (QED) is 0.601. The van der Waals surface area contributed by atoms with Gasteiger partial charge in [0.1, 0.15) is 11.5 Å². The van der Waals surface area contributed by atoms with Crippen LogP contribution >= 0.6 is 15.9 Å². The normalized spacial score (nSPS) is 10.6. The Morgan fingerprint density at radius 2 is 1.96 bits per heavy atom.